The molecule has 1 atom stereocenters. The van der Waals surface area contributed by atoms with Crippen LogP contribution in [0.25, 0.3) is 10.9 Å². The molecule has 2 aromatic carbocycles. The average Bonchev–Trinajstić information content (AvgIpc) is 2.68. The highest BCUT2D eigenvalue weighted by atomic mass is 16.5. The van der Waals surface area contributed by atoms with E-state index in [4.69, 9.17) is 9.47 Å². The molecule has 0 aliphatic carbocycles. The third-order valence-corrected chi connectivity index (χ3v) is 4.08. The monoisotopic (exact) mass is 349 g/mol. The minimum atomic E-state index is -1.01. The number of carbonyl (C=O) groups is 2. The molecule has 3 rings (SSSR count). The lowest BCUT2D eigenvalue weighted by atomic mass is 9.93. The van der Waals surface area contributed by atoms with Gasteiger partial charge in [-0.2, -0.15) is 0 Å². The molecule has 0 fully saturated rings. The van der Waals surface area contributed by atoms with Crippen molar-refractivity contribution in [3.05, 3.63) is 78.0 Å². The Kier molecular flexibility index (Phi) is 5.71. The number of ketones is 1. The largest absolute Gasteiger partial charge is 0.468 e. The number of carbonyl (C=O) groups excluding carboxylic acids is 2. The summed E-state index contributed by atoms with van der Waals surface area (Å²) in [4.78, 5) is 29.1. The van der Waals surface area contributed by atoms with Crippen molar-refractivity contribution in [3.8, 4) is 0 Å². The van der Waals surface area contributed by atoms with E-state index in [2.05, 4.69) is 4.98 Å². The van der Waals surface area contributed by atoms with Crippen molar-refractivity contribution >= 4 is 22.7 Å². The molecule has 1 unspecified atom stereocenters. The third-order valence-electron chi connectivity index (χ3n) is 4.08. The molecule has 26 heavy (non-hydrogen) atoms. The molecule has 1 aromatic heterocycles. The number of esters is 1. The first kappa shape index (κ1) is 17.8. The van der Waals surface area contributed by atoms with E-state index < -0.39 is 11.9 Å². The van der Waals surface area contributed by atoms with E-state index in [-0.39, 0.29) is 12.4 Å². The Morgan fingerprint density at radius 3 is 2.62 bits per heavy atom. The van der Waals surface area contributed by atoms with Crippen molar-refractivity contribution in [3.63, 3.8) is 0 Å². The number of benzene rings is 2. The van der Waals surface area contributed by atoms with Crippen molar-refractivity contribution < 1.29 is 19.1 Å². The fraction of sp³-hybridized carbons (Fsp3) is 0.190. The van der Waals surface area contributed by atoms with Crippen molar-refractivity contribution in [2.75, 3.05) is 13.7 Å². The molecule has 5 nitrogen and oxygen atoms in total. The molecule has 0 saturated heterocycles. The lowest BCUT2D eigenvalue weighted by molar-refractivity contribution is -0.146. The third kappa shape index (κ3) is 4.13. The summed E-state index contributed by atoms with van der Waals surface area (Å²) in [5, 5.41) is 0.858. The van der Waals surface area contributed by atoms with E-state index in [0.29, 0.717) is 12.2 Å². The summed E-state index contributed by atoms with van der Waals surface area (Å²) in [7, 11) is 1.27. The van der Waals surface area contributed by atoms with Crippen molar-refractivity contribution in [2.45, 2.75) is 12.5 Å². The Morgan fingerprint density at radius 2 is 1.85 bits per heavy atom. The minimum Gasteiger partial charge on any atom is -0.468 e. The molecule has 0 radical (unpaired) electrons. The van der Waals surface area contributed by atoms with Gasteiger partial charge in [-0.05, 0) is 29.3 Å². The van der Waals surface area contributed by atoms with Gasteiger partial charge in [-0.3, -0.25) is 14.6 Å². The molecule has 132 valence electrons. The average molecular weight is 349 g/mol. The highest BCUT2D eigenvalue weighted by Gasteiger charge is 2.29. The molecule has 0 N–H and O–H groups in total. The van der Waals surface area contributed by atoms with E-state index in [9.17, 15) is 9.59 Å². The highest BCUT2D eigenvalue weighted by Crippen LogP contribution is 2.23. The smallest absolute Gasteiger partial charge is 0.320 e. The summed E-state index contributed by atoms with van der Waals surface area (Å²) in [6.45, 7) is 0.141. The maximum absolute atomic E-state index is 12.6. The quantitative estimate of drug-likeness (QED) is 0.484. The molecule has 0 aliphatic rings. The second kappa shape index (κ2) is 8.36. The van der Waals surface area contributed by atoms with Gasteiger partial charge < -0.3 is 9.47 Å². The second-order valence-electron chi connectivity index (χ2n) is 5.86. The van der Waals surface area contributed by atoms with Crippen LogP contribution in [0.2, 0.25) is 0 Å². The number of nitrogens with zero attached hydrogens (tertiary/aromatic N) is 1. The van der Waals surface area contributed by atoms with E-state index in [0.717, 1.165) is 16.5 Å². The molecule has 0 amide bonds. The fourth-order valence-electron chi connectivity index (χ4n) is 2.77. The number of fused-ring (bicyclic) bond motifs is 1. The SMILES string of the molecule is COC(=O)C(C(=O)COCc1ccccc1)c1ccc2ncccc2c1. The van der Waals surface area contributed by atoms with Gasteiger partial charge in [0.25, 0.3) is 0 Å². The topological polar surface area (TPSA) is 65.5 Å². The van der Waals surface area contributed by atoms with Crippen LogP contribution in [-0.2, 0) is 25.7 Å². The number of hydrogen-bond donors (Lipinski definition) is 0. The number of ether oxygens (including phenoxy) is 2. The number of rotatable bonds is 7. The zero-order valence-corrected chi connectivity index (χ0v) is 14.4. The summed E-state index contributed by atoms with van der Waals surface area (Å²) < 4.78 is 10.3. The van der Waals surface area contributed by atoms with Crippen LogP contribution in [0.3, 0.4) is 0 Å². The molecule has 1 heterocycles. The molecule has 0 bridgehead atoms. The van der Waals surface area contributed by atoms with Gasteiger partial charge in [-0.15, -0.1) is 0 Å². The summed E-state index contributed by atoms with van der Waals surface area (Å²) in [6.07, 6.45) is 1.70. The predicted molar refractivity (Wildman–Crippen MR) is 97.6 cm³/mol. The number of pyridine rings is 1. The van der Waals surface area contributed by atoms with Crippen LogP contribution in [-0.4, -0.2) is 30.5 Å². The van der Waals surface area contributed by atoms with E-state index in [1.165, 1.54) is 7.11 Å². The number of hydrogen-bond acceptors (Lipinski definition) is 5. The molecule has 0 spiro atoms. The van der Waals surface area contributed by atoms with Gasteiger partial charge in [0.2, 0.25) is 0 Å². The molecule has 0 saturated carbocycles. The van der Waals surface area contributed by atoms with Crippen LogP contribution in [0, 0.1) is 0 Å². The molecule has 0 aliphatic heterocycles. The Balaban J connectivity index is 1.76. The van der Waals surface area contributed by atoms with Crippen LogP contribution in [0.1, 0.15) is 17.0 Å². The van der Waals surface area contributed by atoms with Crippen LogP contribution in [0.5, 0.6) is 0 Å². The van der Waals surface area contributed by atoms with Crippen LogP contribution >= 0.6 is 0 Å². The molecule has 3 aromatic rings. The number of Topliss-reactive ketones (excluding diaryl/α,β-unsaturated/α-hetero) is 1. The lowest BCUT2D eigenvalue weighted by Crippen LogP contribution is -2.26. The summed E-state index contributed by atoms with van der Waals surface area (Å²) in [5.74, 6) is -1.95. The van der Waals surface area contributed by atoms with Gasteiger partial charge in [-0.1, -0.05) is 42.5 Å². The van der Waals surface area contributed by atoms with E-state index in [1.807, 2.05) is 42.5 Å². The Hall–Kier alpha value is -3.05. The van der Waals surface area contributed by atoms with Gasteiger partial charge in [0.05, 0.1) is 19.2 Å². The Bertz CT molecular complexity index is 908. The van der Waals surface area contributed by atoms with Gasteiger partial charge in [0.1, 0.15) is 12.5 Å². The van der Waals surface area contributed by atoms with E-state index in [1.54, 1.807) is 24.4 Å². The summed E-state index contributed by atoms with van der Waals surface area (Å²) >= 11 is 0. The maximum Gasteiger partial charge on any atom is 0.320 e. The predicted octanol–water partition coefficient (Wildman–Crippen LogP) is 3.28. The van der Waals surface area contributed by atoms with Crippen molar-refractivity contribution in [2.24, 2.45) is 0 Å². The first-order valence-corrected chi connectivity index (χ1v) is 8.26. The minimum absolute atomic E-state index is 0.167. The zero-order valence-electron chi connectivity index (χ0n) is 14.4. The maximum atomic E-state index is 12.6. The number of methoxy groups -OCH3 is 1. The zero-order chi connectivity index (χ0) is 18.4. The van der Waals surface area contributed by atoms with Crippen LogP contribution in [0.4, 0.5) is 0 Å². The first-order chi connectivity index (χ1) is 12.7. The van der Waals surface area contributed by atoms with Gasteiger partial charge >= 0.3 is 5.97 Å². The van der Waals surface area contributed by atoms with Gasteiger partial charge in [0, 0.05) is 11.6 Å². The Labute approximate surface area is 151 Å². The highest BCUT2D eigenvalue weighted by molar-refractivity contribution is 6.05. The molecular weight excluding hydrogens is 330 g/mol. The lowest BCUT2D eigenvalue weighted by Gasteiger charge is -2.15. The van der Waals surface area contributed by atoms with Crippen molar-refractivity contribution in [1.29, 1.82) is 0 Å². The molecule has 5 heteroatoms. The fourth-order valence-corrected chi connectivity index (χ4v) is 2.77. The second-order valence-corrected chi connectivity index (χ2v) is 5.86. The summed E-state index contributed by atoms with van der Waals surface area (Å²) in [5.41, 5.74) is 2.34. The van der Waals surface area contributed by atoms with Gasteiger partial charge in [-0.25, -0.2) is 0 Å². The summed E-state index contributed by atoms with van der Waals surface area (Å²) in [6, 6.07) is 18.6. The normalized spacial score (nSPS) is 11.9. The molecular formula is C21H19NO4. The van der Waals surface area contributed by atoms with Crippen molar-refractivity contribution in [1.82, 2.24) is 4.98 Å². The number of aromatic nitrogens is 1. The van der Waals surface area contributed by atoms with Crippen LogP contribution < -0.4 is 0 Å². The van der Waals surface area contributed by atoms with Gasteiger partial charge in [0.15, 0.2) is 5.78 Å². The standard InChI is InChI=1S/C21H19NO4/c1-25-21(24)20(17-9-10-18-16(12-17)8-5-11-22-18)19(23)14-26-13-15-6-3-2-4-7-15/h2-12,20H,13-14H2,1H3. The van der Waals surface area contributed by atoms with E-state index >= 15 is 0 Å². The van der Waals surface area contributed by atoms with Crippen LogP contribution in [0.15, 0.2) is 66.9 Å². The first-order valence-electron chi connectivity index (χ1n) is 8.26. The Morgan fingerprint density at radius 1 is 1.04 bits per heavy atom.